The molecule has 0 aromatic carbocycles. The molecule has 1 aromatic heterocycles. The summed E-state index contributed by atoms with van der Waals surface area (Å²) < 4.78 is 0. The van der Waals surface area contributed by atoms with E-state index in [9.17, 15) is 9.90 Å². The average molecular weight is 317 g/mol. The van der Waals surface area contributed by atoms with Crippen LogP contribution in [0.5, 0.6) is 0 Å². The van der Waals surface area contributed by atoms with Crippen molar-refractivity contribution >= 4 is 5.91 Å². The third-order valence-electron chi connectivity index (χ3n) is 5.22. The lowest BCUT2D eigenvalue weighted by Crippen LogP contribution is -2.40. The number of aromatic nitrogens is 1. The van der Waals surface area contributed by atoms with Crippen LogP contribution in [0.15, 0.2) is 24.5 Å². The molecule has 2 saturated heterocycles. The van der Waals surface area contributed by atoms with Crippen LogP contribution in [0.1, 0.15) is 37.2 Å². The number of likely N-dealkylation sites (tertiary alicyclic amines) is 2. The molecule has 3 heterocycles. The Morgan fingerprint density at radius 3 is 2.48 bits per heavy atom. The zero-order valence-electron chi connectivity index (χ0n) is 13.7. The van der Waals surface area contributed by atoms with E-state index >= 15 is 0 Å². The van der Waals surface area contributed by atoms with Gasteiger partial charge in [0, 0.05) is 43.9 Å². The van der Waals surface area contributed by atoms with Crippen LogP contribution in [0, 0.1) is 5.92 Å². The maximum absolute atomic E-state index is 12.7. The minimum absolute atomic E-state index is 0.125. The number of carbonyl (C=O) groups is 1. The summed E-state index contributed by atoms with van der Waals surface area (Å²) in [6.07, 6.45) is 8.53. The average Bonchev–Trinajstić information content (AvgIpc) is 2.87. The Hall–Kier alpha value is -1.46. The number of aliphatic hydroxyl groups excluding tert-OH is 1. The summed E-state index contributed by atoms with van der Waals surface area (Å²) in [4.78, 5) is 20.9. The van der Waals surface area contributed by atoms with E-state index in [0.29, 0.717) is 19.6 Å². The second-order valence-corrected chi connectivity index (χ2v) is 6.82. The van der Waals surface area contributed by atoms with Crippen molar-refractivity contribution in [2.45, 2.75) is 31.6 Å². The minimum atomic E-state index is 0.125. The first kappa shape index (κ1) is 16.4. The van der Waals surface area contributed by atoms with Crippen molar-refractivity contribution in [3.05, 3.63) is 30.1 Å². The highest BCUT2D eigenvalue weighted by atomic mass is 16.3. The first-order valence-electron chi connectivity index (χ1n) is 8.79. The number of nitrogens with zero attached hydrogens (tertiary/aromatic N) is 3. The van der Waals surface area contributed by atoms with Crippen molar-refractivity contribution in [2.24, 2.45) is 5.92 Å². The normalized spacial score (nSPS) is 26.2. The van der Waals surface area contributed by atoms with Crippen LogP contribution >= 0.6 is 0 Å². The second kappa shape index (κ2) is 7.88. The molecule has 5 heteroatoms. The van der Waals surface area contributed by atoms with E-state index in [4.69, 9.17) is 0 Å². The van der Waals surface area contributed by atoms with Crippen LogP contribution in [0.4, 0.5) is 0 Å². The van der Waals surface area contributed by atoms with Crippen LogP contribution in [-0.4, -0.2) is 65.1 Å². The number of hydrogen-bond acceptors (Lipinski definition) is 4. The molecule has 0 spiro atoms. The Balaban J connectivity index is 1.61. The van der Waals surface area contributed by atoms with E-state index in [2.05, 4.69) is 9.88 Å². The number of pyridine rings is 1. The van der Waals surface area contributed by atoms with Gasteiger partial charge in [-0.3, -0.25) is 14.7 Å². The molecule has 0 unspecified atom stereocenters. The Morgan fingerprint density at radius 2 is 1.83 bits per heavy atom. The largest absolute Gasteiger partial charge is 0.396 e. The molecular weight excluding hydrogens is 290 g/mol. The molecule has 126 valence electrons. The fourth-order valence-electron chi connectivity index (χ4n) is 3.83. The third-order valence-corrected chi connectivity index (χ3v) is 5.22. The Labute approximate surface area is 138 Å². The van der Waals surface area contributed by atoms with Crippen LogP contribution < -0.4 is 0 Å². The van der Waals surface area contributed by atoms with Gasteiger partial charge in [-0.2, -0.15) is 0 Å². The molecule has 5 nitrogen and oxygen atoms in total. The third kappa shape index (κ3) is 4.09. The number of carbonyl (C=O) groups excluding carboxylic acids is 1. The number of aliphatic hydroxyl groups is 1. The summed E-state index contributed by atoms with van der Waals surface area (Å²) in [6.45, 7) is 4.10. The Morgan fingerprint density at radius 1 is 1.13 bits per heavy atom. The topological polar surface area (TPSA) is 56.7 Å². The van der Waals surface area contributed by atoms with Gasteiger partial charge < -0.3 is 10.0 Å². The molecular formula is C18H27N3O2. The van der Waals surface area contributed by atoms with E-state index in [-0.39, 0.29) is 24.3 Å². The molecule has 0 aliphatic carbocycles. The Bertz CT molecular complexity index is 500. The molecule has 2 atom stereocenters. The highest BCUT2D eigenvalue weighted by Gasteiger charge is 2.35. The van der Waals surface area contributed by atoms with Gasteiger partial charge in [0.05, 0.1) is 6.54 Å². The van der Waals surface area contributed by atoms with Crippen molar-refractivity contribution in [1.29, 1.82) is 0 Å². The van der Waals surface area contributed by atoms with Crippen LogP contribution in [0.3, 0.4) is 0 Å². The van der Waals surface area contributed by atoms with Gasteiger partial charge in [-0.05, 0) is 43.6 Å². The fourth-order valence-corrected chi connectivity index (χ4v) is 3.83. The molecule has 1 aromatic rings. The van der Waals surface area contributed by atoms with Crippen LogP contribution in [-0.2, 0) is 4.79 Å². The first-order valence-corrected chi connectivity index (χ1v) is 8.79. The lowest BCUT2D eigenvalue weighted by atomic mass is 9.90. The molecule has 2 fully saturated rings. The van der Waals surface area contributed by atoms with Crippen LogP contribution in [0.25, 0.3) is 0 Å². The standard InChI is InChI=1S/C18H27N3O2/c22-14-16-11-21(12-17(16)15-5-7-19-8-6-15)18(23)13-20-9-3-1-2-4-10-20/h5-8,16-17,22H,1-4,9-14H2/t16-,17-/m0/s1. The van der Waals surface area contributed by atoms with Crippen LogP contribution in [0.2, 0.25) is 0 Å². The molecule has 0 radical (unpaired) electrons. The predicted octanol–water partition coefficient (Wildman–Crippen LogP) is 1.49. The second-order valence-electron chi connectivity index (χ2n) is 6.82. The van der Waals surface area contributed by atoms with E-state index in [1.807, 2.05) is 17.0 Å². The summed E-state index contributed by atoms with van der Waals surface area (Å²) in [6, 6.07) is 3.99. The molecule has 1 N–H and O–H groups in total. The smallest absolute Gasteiger partial charge is 0.236 e. The zero-order chi connectivity index (χ0) is 16.1. The van der Waals surface area contributed by atoms with Crippen molar-refractivity contribution in [1.82, 2.24) is 14.8 Å². The van der Waals surface area contributed by atoms with E-state index < -0.39 is 0 Å². The zero-order valence-corrected chi connectivity index (χ0v) is 13.7. The molecule has 0 bridgehead atoms. The van der Waals surface area contributed by atoms with E-state index in [1.165, 1.54) is 31.2 Å². The Kier molecular flexibility index (Phi) is 5.62. The van der Waals surface area contributed by atoms with Gasteiger partial charge in [0.2, 0.25) is 5.91 Å². The maximum atomic E-state index is 12.7. The lowest BCUT2D eigenvalue weighted by Gasteiger charge is -2.23. The quantitative estimate of drug-likeness (QED) is 0.914. The number of rotatable bonds is 4. The lowest BCUT2D eigenvalue weighted by molar-refractivity contribution is -0.131. The maximum Gasteiger partial charge on any atom is 0.236 e. The van der Waals surface area contributed by atoms with E-state index in [0.717, 1.165) is 13.1 Å². The summed E-state index contributed by atoms with van der Waals surface area (Å²) in [7, 11) is 0. The molecule has 23 heavy (non-hydrogen) atoms. The van der Waals surface area contributed by atoms with Gasteiger partial charge in [0.15, 0.2) is 0 Å². The monoisotopic (exact) mass is 317 g/mol. The van der Waals surface area contributed by atoms with Gasteiger partial charge in [-0.15, -0.1) is 0 Å². The van der Waals surface area contributed by atoms with Crippen molar-refractivity contribution in [3.63, 3.8) is 0 Å². The summed E-state index contributed by atoms with van der Waals surface area (Å²) in [5, 5.41) is 9.69. The molecule has 2 aliphatic heterocycles. The summed E-state index contributed by atoms with van der Waals surface area (Å²) in [5.41, 5.74) is 1.17. The van der Waals surface area contributed by atoms with Gasteiger partial charge in [-0.25, -0.2) is 0 Å². The fraction of sp³-hybridized carbons (Fsp3) is 0.667. The molecule has 3 rings (SSSR count). The number of amides is 1. The highest BCUT2D eigenvalue weighted by molar-refractivity contribution is 5.78. The summed E-state index contributed by atoms with van der Waals surface area (Å²) in [5.74, 6) is 0.559. The van der Waals surface area contributed by atoms with Gasteiger partial charge >= 0.3 is 0 Å². The van der Waals surface area contributed by atoms with Gasteiger partial charge in [0.25, 0.3) is 0 Å². The molecule has 0 saturated carbocycles. The first-order chi connectivity index (χ1) is 11.3. The van der Waals surface area contributed by atoms with E-state index in [1.54, 1.807) is 12.4 Å². The minimum Gasteiger partial charge on any atom is -0.396 e. The van der Waals surface area contributed by atoms with Gasteiger partial charge in [-0.1, -0.05) is 12.8 Å². The van der Waals surface area contributed by atoms with Crippen molar-refractivity contribution < 1.29 is 9.90 Å². The van der Waals surface area contributed by atoms with Crippen molar-refractivity contribution in [3.8, 4) is 0 Å². The number of hydrogen-bond donors (Lipinski definition) is 1. The molecule has 1 amide bonds. The highest BCUT2D eigenvalue weighted by Crippen LogP contribution is 2.32. The van der Waals surface area contributed by atoms with Crippen molar-refractivity contribution in [2.75, 3.05) is 39.3 Å². The SMILES string of the molecule is O=C(CN1CCCCCC1)N1C[C@@H](CO)[C@H](c2ccncc2)C1. The van der Waals surface area contributed by atoms with Gasteiger partial charge in [0.1, 0.15) is 0 Å². The summed E-state index contributed by atoms with van der Waals surface area (Å²) >= 11 is 0. The predicted molar refractivity (Wildman–Crippen MR) is 89.0 cm³/mol. The molecule has 2 aliphatic rings.